The van der Waals surface area contributed by atoms with Crippen LogP contribution in [-0.2, 0) is 31.0 Å². The Morgan fingerprint density at radius 2 is 1.19 bits per heavy atom. The molecule has 2 fully saturated rings. The standard InChI is InChI=1S/C47H88N12O4S.2ClH.Mn/c1-3-58(45(60)52-25-14-6-5-13-23-48)30-17-24-49-37-59(4-2)46(61)53-26-15-7-8-16-27-54-47(62)63-31-18-32-64-40-33-38-35-55-43-21-11-9-19-41(43)50-28-29-51-42-20-10-12-22-44(42)56-36-39(34-40)57-38;;;/h33-34,41-44,49-51,55-56H,3-32,35-37,48H2,1-2H3,(H,52,60)(H,53,61)(H,54,62);2*1H;/q;;;+2/p-2/t41-,42+,43+,44-;;;. The van der Waals surface area contributed by atoms with Gasteiger partial charge >= 0.3 is 51.5 Å². The summed E-state index contributed by atoms with van der Waals surface area (Å²) >= 11 is 1.82. The Balaban J connectivity index is 0.00000386. The van der Waals surface area contributed by atoms with Crippen molar-refractivity contribution in [3.05, 3.63) is 23.5 Å². The number of urea groups is 2. The third-order valence-electron chi connectivity index (χ3n) is 12.7. The van der Waals surface area contributed by atoms with Crippen LogP contribution in [-0.4, -0.2) is 142 Å². The number of carbonyl (C=O) groups excluding carboxylic acids is 3. The van der Waals surface area contributed by atoms with Gasteiger partial charge in [-0.05, 0) is 103 Å². The van der Waals surface area contributed by atoms with Crippen molar-refractivity contribution in [3.63, 3.8) is 0 Å². The van der Waals surface area contributed by atoms with Gasteiger partial charge in [-0.3, -0.25) is 10.3 Å². The number of carbonyl (C=O) groups is 3. The number of aromatic nitrogens is 1. The van der Waals surface area contributed by atoms with Gasteiger partial charge in [0.1, 0.15) is 0 Å². The molecule has 0 saturated heterocycles. The average Bonchev–Trinajstić information content (AvgIpc) is 3.34. The number of fused-ring (bicyclic) bond motifs is 4. The fourth-order valence-electron chi connectivity index (χ4n) is 8.94. The van der Waals surface area contributed by atoms with Gasteiger partial charge in [0.05, 0.1) is 24.7 Å². The first kappa shape index (κ1) is 59.5. The van der Waals surface area contributed by atoms with Crippen molar-refractivity contribution in [3.8, 4) is 0 Å². The van der Waals surface area contributed by atoms with Crippen molar-refractivity contribution in [1.29, 1.82) is 0 Å². The van der Waals surface area contributed by atoms with Crippen LogP contribution in [0.1, 0.15) is 141 Å². The minimum atomic E-state index is -0.361. The van der Waals surface area contributed by atoms with E-state index < -0.39 is 0 Å². The molecule has 4 atom stereocenters. The molecule has 5 amide bonds. The first-order valence-corrected chi connectivity index (χ1v) is 29.8. The summed E-state index contributed by atoms with van der Waals surface area (Å²) < 4.78 is 5.50. The van der Waals surface area contributed by atoms with E-state index in [1.165, 1.54) is 56.3 Å². The molecule has 2 heterocycles. The summed E-state index contributed by atoms with van der Waals surface area (Å²) in [5.41, 5.74) is 7.73. The Bertz CT molecular complexity index is 1420. The van der Waals surface area contributed by atoms with Crippen LogP contribution in [0.3, 0.4) is 0 Å². The number of nitrogens with zero attached hydrogens (tertiary/aromatic N) is 3. The van der Waals surface area contributed by atoms with E-state index in [0.29, 0.717) is 76.7 Å². The number of hydrogen-bond donors (Lipinski definition) is 9. The zero-order valence-electron chi connectivity index (χ0n) is 40.9. The maximum atomic E-state index is 12.7. The minimum absolute atomic E-state index is 0.00694. The van der Waals surface area contributed by atoms with Gasteiger partial charge < -0.3 is 57.5 Å². The van der Waals surface area contributed by atoms with Crippen molar-refractivity contribution >= 4 is 50.1 Å². The van der Waals surface area contributed by atoms with Gasteiger partial charge in [0.25, 0.3) is 0 Å². The number of nitrogens with one attached hydrogen (secondary N) is 8. The predicted molar refractivity (Wildman–Crippen MR) is 272 cm³/mol. The van der Waals surface area contributed by atoms with E-state index in [2.05, 4.69) is 54.7 Å². The quantitative estimate of drug-likeness (QED) is 0.0205. The third kappa shape index (κ3) is 26.8. The Kier molecular flexibility index (Phi) is 34.5. The molecule has 1 aromatic rings. The van der Waals surface area contributed by atoms with Gasteiger partial charge in [0.2, 0.25) is 0 Å². The normalized spacial score (nSPS) is 19.8. The van der Waals surface area contributed by atoms with Gasteiger partial charge in [0.15, 0.2) is 0 Å². The van der Waals surface area contributed by atoms with E-state index >= 15 is 0 Å². The summed E-state index contributed by atoms with van der Waals surface area (Å²) in [5, 5.41) is 27.7. The monoisotopic (exact) mass is 1040 g/mol. The molecule has 2 bridgehead atoms. The maximum absolute atomic E-state index is 12.7. The summed E-state index contributed by atoms with van der Waals surface area (Å²) in [6, 6.07) is 6.31. The Hall–Kier alpha value is -1.83. The predicted octanol–water partition coefficient (Wildman–Crippen LogP) is 6.74. The van der Waals surface area contributed by atoms with E-state index in [4.69, 9.17) is 35.7 Å². The molecule has 3 aliphatic rings. The SMILES string of the molecule is CCN(CCCNCN(CC)C(=O)NCCCCCCNC(=O)OCCCSc1cc2nc(c1)CN[C@@H]1CCCC[C@@H]1NCCN[C@@H]1CCCC[C@@H]1NC2)C(=O)NCCCCCCN.[Cl][Mn][Cl]. The Labute approximate surface area is 422 Å². The van der Waals surface area contributed by atoms with Crippen LogP contribution >= 0.6 is 32.0 Å². The van der Waals surface area contributed by atoms with Crippen molar-refractivity contribution in [2.45, 2.75) is 172 Å². The van der Waals surface area contributed by atoms with Crippen molar-refractivity contribution in [2.24, 2.45) is 5.73 Å². The Morgan fingerprint density at radius 1 is 0.701 bits per heavy atom. The van der Waals surface area contributed by atoms with Gasteiger partial charge in [-0.2, -0.15) is 0 Å². The fourth-order valence-corrected chi connectivity index (χ4v) is 9.88. The molecular formula is C47H88Cl2MnN12O4S. The van der Waals surface area contributed by atoms with Crippen LogP contribution in [0.5, 0.6) is 0 Å². The Morgan fingerprint density at radius 3 is 1.72 bits per heavy atom. The molecule has 0 radical (unpaired) electrons. The zero-order chi connectivity index (χ0) is 48.2. The average molecular weight is 1040 g/mol. The van der Waals surface area contributed by atoms with Crippen LogP contribution in [0.25, 0.3) is 0 Å². The zero-order valence-corrected chi connectivity index (χ0v) is 44.4. The number of hydrogen-bond acceptors (Lipinski definition) is 12. The second-order valence-electron chi connectivity index (χ2n) is 17.8. The summed E-state index contributed by atoms with van der Waals surface area (Å²) in [5.74, 6) is 0.861. The molecule has 387 valence electrons. The van der Waals surface area contributed by atoms with E-state index in [1.54, 1.807) is 4.90 Å². The number of halogens is 2. The molecule has 0 unspecified atom stereocenters. The summed E-state index contributed by atoms with van der Waals surface area (Å²) in [4.78, 5) is 47.5. The van der Waals surface area contributed by atoms with E-state index in [-0.39, 0.29) is 31.3 Å². The van der Waals surface area contributed by atoms with Crippen LogP contribution in [0.15, 0.2) is 17.0 Å². The van der Waals surface area contributed by atoms with E-state index in [1.807, 2.05) is 30.5 Å². The molecule has 4 rings (SSSR count). The molecular weight excluding hydrogens is 955 g/mol. The molecule has 0 aromatic carbocycles. The van der Waals surface area contributed by atoms with Gasteiger partial charge in [-0.1, -0.05) is 51.4 Å². The number of thioether (sulfide) groups is 1. The second kappa shape index (κ2) is 38.9. The summed E-state index contributed by atoms with van der Waals surface area (Å²) in [7, 11) is 9.59. The first-order valence-electron chi connectivity index (χ1n) is 25.6. The van der Waals surface area contributed by atoms with Crippen LogP contribution in [0.2, 0.25) is 0 Å². The summed E-state index contributed by atoms with van der Waals surface area (Å²) in [6.45, 7) is 13.6. The van der Waals surface area contributed by atoms with Gasteiger partial charge in [-0.15, -0.1) is 11.8 Å². The molecule has 2 aliphatic carbocycles. The van der Waals surface area contributed by atoms with Crippen molar-refractivity contribution in [2.75, 3.05) is 84.5 Å². The van der Waals surface area contributed by atoms with E-state index in [9.17, 15) is 14.4 Å². The first-order chi connectivity index (χ1) is 32.8. The number of nitrogens with two attached hydrogens (primary N) is 1. The second-order valence-corrected chi connectivity index (χ2v) is 20.9. The number of pyridine rings is 1. The molecule has 10 N–H and O–H groups in total. The molecule has 2 saturated carbocycles. The van der Waals surface area contributed by atoms with Crippen molar-refractivity contribution in [1.82, 2.24) is 57.3 Å². The van der Waals surface area contributed by atoms with Gasteiger partial charge in [0, 0.05) is 100 Å². The molecule has 20 heteroatoms. The van der Waals surface area contributed by atoms with E-state index in [0.717, 1.165) is 121 Å². The van der Waals surface area contributed by atoms with Crippen LogP contribution in [0.4, 0.5) is 14.4 Å². The molecule has 0 spiro atoms. The number of alkyl carbamates (subject to hydrolysis) is 1. The van der Waals surface area contributed by atoms with Crippen LogP contribution < -0.4 is 48.3 Å². The molecule has 67 heavy (non-hydrogen) atoms. The third-order valence-corrected chi connectivity index (χ3v) is 13.8. The number of unbranched alkanes of at least 4 members (excludes halogenated alkanes) is 6. The number of ether oxygens (including phenoxy) is 1. The fraction of sp³-hybridized carbons (Fsp3) is 0.830. The number of rotatable bonds is 26. The topological polar surface area (TPSA) is 202 Å². The molecule has 16 nitrogen and oxygen atoms in total. The summed E-state index contributed by atoms with van der Waals surface area (Å²) in [6.07, 6.45) is 19.1. The molecule has 1 aliphatic heterocycles. The van der Waals surface area contributed by atoms with Crippen LogP contribution in [0, 0.1) is 0 Å². The number of amides is 5. The van der Waals surface area contributed by atoms with Gasteiger partial charge in [-0.25, -0.2) is 14.4 Å². The van der Waals surface area contributed by atoms with Crippen molar-refractivity contribution < 1.29 is 32.3 Å². The molecule has 1 aromatic heterocycles.